The lowest BCUT2D eigenvalue weighted by Crippen LogP contribution is -2.45. The summed E-state index contributed by atoms with van der Waals surface area (Å²) >= 11 is 5.74. The first-order valence-corrected chi connectivity index (χ1v) is 8.73. The Bertz CT molecular complexity index is 904. The van der Waals surface area contributed by atoms with Gasteiger partial charge in [0.15, 0.2) is 0 Å². The molecular weight excluding hydrogens is 391 g/mol. The lowest BCUT2D eigenvalue weighted by Gasteiger charge is -2.21. The smallest absolute Gasteiger partial charge is 0.329 e. The van der Waals surface area contributed by atoms with Crippen molar-refractivity contribution in [2.24, 2.45) is 5.92 Å². The van der Waals surface area contributed by atoms with Crippen LogP contribution < -0.4 is 5.32 Å². The number of hydrogen-bond donors (Lipinski definition) is 1. The number of esters is 1. The number of carbonyl (C=O) groups is 2. The molecular formula is C19H18ClFN2O5. The van der Waals surface area contributed by atoms with Crippen LogP contribution in [0.15, 0.2) is 42.5 Å². The van der Waals surface area contributed by atoms with E-state index in [1.165, 1.54) is 30.3 Å². The van der Waals surface area contributed by atoms with Crippen LogP contribution in [0.3, 0.4) is 0 Å². The maximum Gasteiger partial charge on any atom is 0.329 e. The van der Waals surface area contributed by atoms with Gasteiger partial charge < -0.3 is 10.1 Å². The Morgan fingerprint density at radius 2 is 1.93 bits per heavy atom. The van der Waals surface area contributed by atoms with Crippen LogP contribution >= 0.6 is 11.6 Å². The Morgan fingerprint density at radius 3 is 2.54 bits per heavy atom. The molecule has 0 saturated carbocycles. The zero-order valence-corrected chi connectivity index (χ0v) is 15.9. The first-order chi connectivity index (χ1) is 13.2. The lowest BCUT2D eigenvalue weighted by atomic mass is 10.0. The van der Waals surface area contributed by atoms with Crippen LogP contribution in [0.5, 0.6) is 0 Å². The van der Waals surface area contributed by atoms with Crippen molar-refractivity contribution in [2.45, 2.75) is 26.5 Å². The predicted molar refractivity (Wildman–Crippen MR) is 100 cm³/mol. The van der Waals surface area contributed by atoms with E-state index < -0.39 is 34.3 Å². The van der Waals surface area contributed by atoms with Gasteiger partial charge in [-0.1, -0.05) is 43.6 Å². The summed E-state index contributed by atoms with van der Waals surface area (Å²) in [6.45, 7) is 3.11. The van der Waals surface area contributed by atoms with Gasteiger partial charge in [-0.25, -0.2) is 9.18 Å². The molecule has 0 radical (unpaired) electrons. The minimum atomic E-state index is -1.02. The molecule has 0 heterocycles. The first-order valence-electron chi connectivity index (χ1n) is 8.35. The van der Waals surface area contributed by atoms with Crippen LogP contribution in [-0.2, 0) is 16.1 Å². The van der Waals surface area contributed by atoms with E-state index in [0.717, 1.165) is 6.07 Å². The molecule has 9 heteroatoms. The average molecular weight is 409 g/mol. The van der Waals surface area contributed by atoms with E-state index >= 15 is 0 Å². The van der Waals surface area contributed by atoms with Crippen LogP contribution in [0.2, 0.25) is 5.02 Å². The Balaban J connectivity index is 2.10. The summed E-state index contributed by atoms with van der Waals surface area (Å²) in [5.41, 5.74) is -0.237. The molecule has 0 aromatic heterocycles. The first kappa shape index (κ1) is 21.3. The number of nitrogens with zero attached hydrogens (tertiary/aromatic N) is 1. The van der Waals surface area contributed by atoms with Gasteiger partial charge in [0.2, 0.25) is 0 Å². The number of benzene rings is 2. The van der Waals surface area contributed by atoms with Gasteiger partial charge in [-0.05, 0) is 24.1 Å². The molecule has 2 rings (SSSR count). The highest BCUT2D eigenvalue weighted by Crippen LogP contribution is 2.25. The Kier molecular flexibility index (Phi) is 7.06. The largest absolute Gasteiger partial charge is 0.459 e. The van der Waals surface area contributed by atoms with Crippen molar-refractivity contribution in [3.8, 4) is 0 Å². The van der Waals surface area contributed by atoms with Crippen molar-refractivity contribution < 1.29 is 23.6 Å². The van der Waals surface area contributed by atoms with Crippen LogP contribution in [-0.4, -0.2) is 22.8 Å². The van der Waals surface area contributed by atoms with Crippen LogP contribution in [0.1, 0.15) is 29.8 Å². The van der Waals surface area contributed by atoms with E-state index in [9.17, 15) is 24.1 Å². The maximum atomic E-state index is 13.6. The van der Waals surface area contributed by atoms with Crippen LogP contribution in [0.25, 0.3) is 0 Å². The number of rotatable bonds is 7. The molecule has 0 spiro atoms. The summed E-state index contributed by atoms with van der Waals surface area (Å²) in [6, 6.07) is 8.41. The molecule has 1 amide bonds. The van der Waals surface area contributed by atoms with Gasteiger partial charge in [-0.15, -0.1) is 0 Å². The molecule has 1 atom stereocenters. The monoisotopic (exact) mass is 408 g/mol. The summed E-state index contributed by atoms with van der Waals surface area (Å²) in [7, 11) is 0. The number of hydrogen-bond acceptors (Lipinski definition) is 5. The number of nitro groups is 1. The third-order valence-corrected chi connectivity index (χ3v) is 4.26. The minimum Gasteiger partial charge on any atom is -0.459 e. The van der Waals surface area contributed by atoms with Gasteiger partial charge in [0.05, 0.1) is 4.92 Å². The van der Waals surface area contributed by atoms with Gasteiger partial charge >= 0.3 is 5.97 Å². The van der Waals surface area contributed by atoms with E-state index in [0.29, 0.717) is 0 Å². The quantitative estimate of drug-likeness (QED) is 0.425. The standard InChI is InChI=1S/C19H18ClFN2O5/c1-11(2)17(19(25)28-10-13-5-3-4-6-15(13)21)22-18(24)12-7-8-14(20)16(9-12)23(26)27/h3-9,11,17H,10H2,1-2H3,(H,22,24). The van der Waals surface area contributed by atoms with Gasteiger partial charge in [-0.3, -0.25) is 14.9 Å². The predicted octanol–water partition coefficient (Wildman–Crippen LogP) is 3.89. The van der Waals surface area contributed by atoms with Crippen molar-refractivity contribution in [3.63, 3.8) is 0 Å². The fraction of sp³-hybridized carbons (Fsp3) is 0.263. The lowest BCUT2D eigenvalue weighted by molar-refractivity contribution is -0.384. The number of ether oxygens (including phenoxy) is 1. The number of amides is 1. The second-order valence-corrected chi connectivity index (χ2v) is 6.72. The summed E-state index contributed by atoms with van der Waals surface area (Å²) in [4.78, 5) is 35.1. The fourth-order valence-corrected chi connectivity index (χ4v) is 2.56. The second-order valence-electron chi connectivity index (χ2n) is 6.32. The van der Waals surface area contributed by atoms with Gasteiger partial charge in [-0.2, -0.15) is 0 Å². The molecule has 7 nitrogen and oxygen atoms in total. The summed E-state index contributed by atoms with van der Waals surface area (Å²) in [5, 5.41) is 13.4. The van der Waals surface area contributed by atoms with Gasteiger partial charge in [0, 0.05) is 17.2 Å². The zero-order valence-electron chi connectivity index (χ0n) is 15.1. The number of halogens is 2. The Hall–Kier alpha value is -3.00. The van der Waals surface area contributed by atoms with E-state index in [1.807, 2.05) is 0 Å². The Morgan fingerprint density at radius 1 is 1.25 bits per heavy atom. The number of nitrogens with one attached hydrogen (secondary N) is 1. The van der Waals surface area contributed by atoms with Crippen LogP contribution in [0.4, 0.5) is 10.1 Å². The molecule has 2 aromatic rings. The number of carbonyl (C=O) groups excluding carboxylic acids is 2. The summed E-state index contributed by atoms with van der Waals surface area (Å²) in [5.74, 6) is -2.27. The fourth-order valence-electron chi connectivity index (χ4n) is 2.37. The normalized spacial score (nSPS) is 11.8. The molecule has 28 heavy (non-hydrogen) atoms. The molecule has 0 aliphatic heterocycles. The summed E-state index contributed by atoms with van der Waals surface area (Å²) < 4.78 is 18.8. The highest BCUT2D eigenvalue weighted by molar-refractivity contribution is 6.32. The van der Waals surface area contributed by atoms with E-state index in [2.05, 4.69) is 5.32 Å². The van der Waals surface area contributed by atoms with E-state index in [1.54, 1.807) is 19.9 Å². The zero-order chi connectivity index (χ0) is 20.8. The molecule has 0 aliphatic rings. The molecule has 0 aliphatic carbocycles. The average Bonchev–Trinajstić information content (AvgIpc) is 2.64. The molecule has 1 unspecified atom stereocenters. The van der Waals surface area contributed by atoms with Gasteiger partial charge in [0.25, 0.3) is 11.6 Å². The maximum absolute atomic E-state index is 13.6. The molecule has 2 aromatic carbocycles. The van der Waals surface area contributed by atoms with Crippen molar-refractivity contribution in [3.05, 3.63) is 74.5 Å². The molecule has 0 fully saturated rings. The van der Waals surface area contributed by atoms with Crippen molar-refractivity contribution in [1.82, 2.24) is 5.32 Å². The van der Waals surface area contributed by atoms with Gasteiger partial charge in [0.1, 0.15) is 23.5 Å². The molecule has 148 valence electrons. The van der Waals surface area contributed by atoms with E-state index in [-0.39, 0.29) is 28.7 Å². The third-order valence-electron chi connectivity index (χ3n) is 3.94. The summed E-state index contributed by atoms with van der Waals surface area (Å²) in [6.07, 6.45) is 0. The minimum absolute atomic E-state index is 0.0244. The Labute approximate surface area is 165 Å². The highest BCUT2D eigenvalue weighted by Gasteiger charge is 2.27. The van der Waals surface area contributed by atoms with Crippen LogP contribution in [0, 0.1) is 21.8 Å². The second kappa shape index (κ2) is 9.27. The highest BCUT2D eigenvalue weighted by atomic mass is 35.5. The molecule has 0 bridgehead atoms. The third kappa shape index (κ3) is 5.26. The van der Waals surface area contributed by atoms with Crippen molar-refractivity contribution in [2.75, 3.05) is 0 Å². The molecule has 1 N–H and O–H groups in total. The van der Waals surface area contributed by atoms with Crippen molar-refractivity contribution in [1.29, 1.82) is 0 Å². The van der Waals surface area contributed by atoms with E-state index in [4.69, 9.17) is 16.3 Å². The molecule has 0 saturated heterocycles. The SMILES string of the molecule is CC(C)C(NC(=O)c1ccc(Cl)c([N+](=O)[O-])c1)C(=O)OCc1ccccc1F. The number of nitro benzene ring substituents is 1. The topological polar surface area (TPSA) is 98.5 Å². The van der Waals surface area contributed by atoms with Crippen molar-refractivity contribution >= 4 is 29.2 Å².